The topological polar surface area (TPSA) is 79.5 Å². The Bertz CT molecular complexity index is 640. The van der Waals surface area contributed by atoms with E-state index in [0.717, 1.165) is 19.4 Å². The summed E-state index contributed by atoms with van der Waals surface area (Å²) in [5, 5.41) is 4.05. The summed E-state index contributed by atoms with van der Waals surface area (Å²) in [5.74, 6) is 1.87. The Labute approximate surface area is 141 Å². The molecule has 1 aromatic rings. The fraction of sp³-hybridized carbons (Fsp3) is 0.765. The highest BCUT2D eigenvalue weighted by Crippen LogP contribution is 2.35. The number of hydrogen-bond acceptors (Lipinski definition) is 5. The molecule has 1 aliphatic carbocycles. The van der Waals surface area contributed by atoms with Gasteiger partial charge in [-0.1, -0.05) is 12.1 Å². The quantitative estimate of drug-likeness (QED) is 0.817. The molecule has 4 rings (SSSR count). The summed E-state index contributed by atoms with van der Waals surface area (Å²) in [6, 6.07) is -0.103. The van der Waals surface area contributed by atoms with Crippen molar-refractivity contribution in [3.05, 3.63) is 11.7 Å². The highest BCUT2D eigenvalue weighted by molar-refractivity contribution is 5.89. The second-order valence-corrected chi connectivity index (χ2v) is 7.23. The molecule has 2 saturated heterocycles. The summed E-state index contributed by atoms with van der Waals surface area (Å²) in [6.07, 6.45) is 5.28. The van der Waals surface area contributed by atoms with Gasteiger partial charge < -0.3 is 14.3 Å². The Morgan fingerprint density at radius 3 is 2.88 bits per heavy atom. The van der Waals surface area contributed by atoms with E-state index < -0.39 is 0 Å². The summed E-state index contributed by atoms with van der Waals surface area (Å²) < 4.78 is 5.20. The van der Waals surface area contributed by atoms with Gasteiger partial charge in [0.05, 0.1) is 12.0 Å². The summed E-state index contributed by atoms with van der Waals surface area (Å²) in [4.78, 5) is 33.3. The second kappa shape index (κ2) is 6.18. The number of rotatable bonds is 5. The lowest BCUT2D eigenvalue weighted by Crippen LogP contribution is -2.37. The van der Waals surface area contributed by atoms with Crippen molar-refractivity contribution in [1.29, 1.82) is 0 Å². The Kier molecular flexibility index (Phi) is 4.02. The number of carbonyl (C=O) groups excluding carboxylic acids is 2. The Hall–Kier alpha value is -1.92. The monoisotopic (exact) mass is 332 g/mol. The van der Waals surface area contributed by atoms with Crippen LogP contribution in [0.3, 0.4) is 0 Å². The van der Waals surface area contributed by atoms with Crippen molar-refractivity contribution < 1.29 is 14.1 Å². The first-order chi connectivity index (χ1) is 11.7. The molecule has 0 radical (unpaired) electrons. The van der Waals surface area contributed by atoms with Crippen molar-refractivity contribution >= 4 is 11.8 Å². The molecule has 0 spiro atoms. The molecule has 0 aromatic carbocycles. The van der Waals surface area contributed by atoms with Crippen LogP contribution >= 0.6 is 0 Å². The van der Waals surface area contributed by atoms with Crippen LogP contribution in [0.2, 0.25) is 0 Å². The van der Waals surface area contributed by atoms with Gasteiger partial charge in [0.1, 0.15) is 0 Å². The van der Waals surface area contributed by atoms with Crippen molar-refractivity contribution in [3.8, 4) is 0 Å². The molecule has 3 aliphatic rings. The molecule has 3 fully saturated rings. The van der Waals surface area contributed by atoms with Crippen LogP contribution in [0.5, 0.6) is 0 Å². The number of carbonyl (C=O) groups is 2. The first-order valence-corrected chi connectivity index (χ1v) is 9.06. The van der Waals surface area contributed by atoms with Gasteiger partial charge in [0.25, 0.3) is 0 Å². The molecular formula is C17H24N4O3. The fourth-order valence-electron chi connectivity index (χ4n) is 3.81. The molecule has 7 heteroatoms. The summed E-state index contributed by atoms with van der Waals surface area (Å²) in [6.45, 7) is 4.08. The van der Waals surface area contributed by atoms with E-state index in [9.17, 15) is 9.59 Å². The minimum atomic E-state index is -0.214. The third-order valence-electron chi connectivity index (χ3n) is 5.36. The van der Waals surface area contributed by atoms with Crippen molar-refractivity contribution in [2.75, 3.05) is 19.6 Å². The van der Waals surface area contributed by atoms with E-state index in [4.69, 9.17) is 4.52 Å². The smallest absolute Gasteiger partial charge is 0.228 e. The van der Waals surface area contributed by atoms with Crippen molar-refractivity contribution in [3.63, 3.8) is 0 Å². The van der Waals surface area contributed by atoms with Crippen molar-refractivity contribution in [2.24, 2.45) is 11.8 Å². The maximum absolute atomic E-state index is 13.0. The molecule has 0 bridgehead atoms. The van der Waals surface area contributed by atoms with Crippen LogP contribution in [-0.4, -0.2) is 51.4 Å². The molecule has 0 N–H and O–H groups in total. The van der Waals surface area contributed by atoms with Gasteiger partial charge in [0, 0.05) is 32.5 Å². The molecule has 3 heterocycles. The number of aromatic nitrogens is 2. The second-order valence-electron chi connectivity index (χ2n) is 7.23. The molecule has 2 amide bonds. The van der Waals surface area contributed by atoms with Crippen LogP contribution in [0.25, 0.3) is 0 Å². The fourth-order valence-corrected chi connectivity index (χ4v) is 3.81. The normalized spacial score (nSPS) is 27.3. The average molecular weight is 332 g/mol. The molecule has 1 saturated carbocycles. The zero-order valence-corrected chi connectivity index (χ0v) is 14.1. The Morgan fingerprint density at radius 1 is 1.33 bits per heavy atom. The average Bonchev–Trinajstić information content (AvgIpc) is 3.00. The summed E-state index contributed by atoms with van der Waals surface area (Å²) in [7, 11) is 0. The van der Waals surface area contributed by atoms with Gasteiger partial charge in [-0.25, -0.2) is 0 Å². The third kappa shape index (κ3) is 2.91. The van der Waals surface area contributed by atoms with Gasteiger partial charge in [0.2, 0.25) is 17.7 Å². The SMILES string of the molecule is CCc1nc([C@H]2CCCN2C(=O)[C@@H]2CC(=O)N(CC3CC3)C2)no1. The largest absolute Gasteiger partial charge is 0.342 e. The van der Waals surface area contributed by atoms with Crippen LogP contribution in [-0.2, 0) is 16.0 Å². The van der Waals surface area contributed by atoms with Gasteiger partial charge >= 0.3 is 0 Å². The van der Waals surface area contributed by atoms with Crippen LogP contribution < -0.4 is 0 Å². The lowest BCUT2D eigenvalue weighted by molar-refractivity contribution is -0.136. The van der Waals surface area contributed by atoms with E-state index in [1.807, 2.05) is 16.7 Å². The van der Waals surface area contributed by atoms with Crippen LogP contribution in [0.15, 0.2) is 4.52 Å². The molecular weight excluding hydrogens is 308 g/mol. The van der Waals surface area contributed by atoms with E-state index in [-0.39, 0.29) is 23.8 Å². The standard InChI is InChI=1S/C17H24N4O3/c1-2-14-18-16(19-24-14)13-4-3-7-21(13)17(23)12-8-15(22)20(10-12)9-11-5-6-11/h11-13H,2-10H2,1H3/t12-,13-/m1/s1. The number of nitrogens with zero attached hydrogens (tertiary/aromatic N) is 4. The van der Waals surface area contributed by atoms with Gasteiger partial charge in [-0.15, -0.1) is 0 Å². The molecule has 2 atom stereocenters. The maximum Gasteiger partial charge on any atom is 0.228 e. The first kappa shape index (κ1) is 15.6. The predicted molar refractivity (Wildman–Crippen MR) is 84.8 cm³/mol. The first-order valence-electron chi connectivity index (χ1n) is 9.06. The maximum atomic E-state index is 13.0. The van der Waals surface area contributed by atoms with Crippen molar-refractivity contribution in [2.45, 2.75) is 51.5 Å². The molecule has 24 heavy (non-hydrogen) atoms. The third-order valence-corrected chi connectivity index (χ3v) is 5.36. The van der Waals surface area contributed by atoms with Gasteiger partial charge in [-0.3, -0.25) is 9.59 Å². The Balaban J connectivity index is 1.44. The number of likely N-dealkylation sites (tertiary alicyclic amines) is 2. The van der Waals surface area contributed by atoms with E-state index >= 15 is 0 Å². The van der Waals surface area contributed by atoms with Crippen LogP contribution in [0.1, 0.15) is 56.8 Å². The van der Waals surface area contributed by atoms with E-state index in [1.165, 1.54) is 12.8 Å². The molecule has 1 aromatic heterocycles. The highest BCUT2D eigenvalue weighted by atomic mass is 16.5. The predicted octanol–water partition coefficient (Wildman–Crippen LogP) is 1.55. The highest BCUT2D eigenvalue weighted by Gasteiger charge is 2.42. The molecule has 7 nitrogen and oxygen atoms in total. The van der Waals surface area contributed by atoms with Gasteiger partial charge in [0.15, 0.2) is 5.82 Å². The van der Waals surface area contributed by atoms with E-state index in [2.05, 4.69) is 10.1 Å². The minimum Gasteiger partial charge on any atom is -0.342 e. The van der Waals surface area contributed by atoms with Gasteiger partial charge in [-0.05, 0) is 31.6 Å². The number of aryl methyl sites for hydroxylation is 1. The molecule has 2 aliphatic heterocycles. The van der Waals surface area contributed by atoms with E-state index in [0.29, 0.717) is 43.6 Å². The zero-order valence-electron chi connectivity index (χ0n) is 14.1. The lowest BCUT2D eigenvalue weighted by atomic mass is 10.1. The number of hydrogen-bond donors (Lipinski definition) is 0. The lowest BCUT2D eigenvalue weighted by Gasteiger charge is -2.25. The summed E-state index contributed by atoms with van der Waals surface area (Å²) in [5.41, 5.74) is 0. The van der Waals surface area contributed by atoms with Crippen molar-refractivity contribution in [1.82, 2.24) is 19.9 Å². The minimum absolute atomic E-state index is 0.0759. The molecule has 130 valence electrons. The number of amides is 2. The van der Waals surface area contributed by atoms with Crippen LogP contribution in [0.4, 0.5) is 0 Å². The summed E-state index contributed by atoms with van der Waals surface area (Å²) >= 11 is 0. The molecule has 0 unspecified atom stereocenters. The van der Waals surface area contributed by atoms with E-state index in [1.54, 1.807) is 0 Å². The Morgan fingerprint density at radius 2 is 2.17 bits per heavy atom. The van der Waals surface area contributed by atoms with Crippen LogP contribution in [0, 0.1) is 11.8 Å². The van der Waals surface area contributed by atoms with Gasteiger partial charge in [-0.2, -0.15) is 4.98 Å². The zero-order chi connectivity index (χ0) is 16.7.